The quantitative estimate of drug-likeness (QED) is 0.762. The molecule has 6 heteroatoms. The van der Waals surface area contributed by atoms with Gasteiger partial charge >= 0.3 is 0 Å². The van der Waals surface area contributed by atoms with Gasteiger partial charge in [0.15, 0.2) is 5.58 Å². The van der Waals surface area contributed by atoms with Gasteiger partial charge in [0.2, 0.25) is 5.91 Å². The van der Waals surface area contributed by atoms with E-state index in [2.05, 4.69) is 10.3 Å². The highest BCUT2D eigenvalue weighted by molar-refractivity contribution is 7.99. The highest BCUT2D eigenvalue weighted by Crippen LogP contribution is 2.25. The lowest BCUT2D eigenvalue weighted by Gasteiger charge is -2.13. The Morgan fingerprint density at radius 3 is 3.00 bits per heavy atom. The highest BCUT2D eigenvalue weighted by atomic mass is 32.2. The van der Waals surface area contributed by atoms with E-state index in [4.69, 9.17) is 10.2 Å². The van der Waals surface area contributed by atoms with E-state index in [1.54, 1.807) is 0 Å². The number of carbonyl (C=O) groups is 1. The molecule has 1 aliphatic rings. The number of hydrogen-bond acceptors (Lipinski definition) is 5. The van der Waals surface area contributed by atoms with Crippen LogP contribution in [0.15, 0.2) is 33.9 Å². The number of rotatable bonds is 7. The number of nitrogens with two attached hydrogens (primary N) is 1. The fraction of sp³-hybridized carbons (Fsp3) is 0.429. The topological polar surface area (TPSA) is 81.2 Å². The van der Waals surface area contributed by atoms with E-state index in [9.17, 15) is 4.79 Å². The third-order valence-corrected chi connectivity index (χ3v) is 4.13. The molecule has 1 fully saturated rings. The number of para-hydroxylation sites is 2. The van der Waals surface area contributed by atoms with Gasteiger partial charge in [-0.2, -0.15) is 0 Å². The fourth-order valence-electron chi connectivity index (χ4n) is 2.02. The molecule has 0 saturated heterocycles. The zero-order chi connectivity index (χ0) is 13.9. The van der Waals surface area contributed by atoms with E-state index in [-0.39, 0.29) is 11.9 Å². The minimum Gasteiger partial charge on any atom is -0.431 e. The summed E-state index contributed by atoms with van der Waals surface area (Å²) in [5, 5.41) is 3.90. The molecule has 0 radical (unpaired) electrons. The monoisotopic (exact) mass is 291 g/mol. The zero-order valence-electron chi connectivity index (χ0n) is 11.0. The van der Waals surface area contributed by atoms with Crippen LogP contribution in [0.5, 0.6) is 0 Å². The van der Waals surface area contributed by atoms with Crippen LogP contribution in [0.1, 0.15) is 19.3 Å². The van der Waals surface area contributed by atoms with Gasteiger partial charge in [0.25, 0.3) is 5.22 Å². The molecule has 1 heterocycles. The number of benzene rings is 1. The average molecular weight is 291 g/mol. The molecule has 1 amide bonds. The van der Waals surface area contributed by atoms with Crippen LogP contribution in [0.3, 0.4) is 0 Å². The van der Waals surface area contributed by atoms with E-state index < -0.39 is 0 Å². The third kappa shape index (κ3) is 3.32. The molecular weight excluding hydrogens is 274 g/mol. The van der Waals surface area contributed by atoms with Crippen LogP contribution in [0.25, 0.3) is 11.1 Å². The number of nitrogens with zero attached hydrogens (tertiary/aromatic N) is 1. The van der Waals surface area contributed by atoms with Crippen LogP contribution in [-0.4, -0.2) is 28.7 Å². The maximum Gasteiger partial charge on any atom is 0.256 e. The molecule has 1 unspecified atom stereocenters. The predicted octanol–water partition coefficient (Wildman–Crippen LogP) is 1.92. The maximum absolute atomic E-state index is 11.4. The fourth-order valence-corrected chi connectivity index (χ4v) is 2.86. The van der Waals surface area contributed by atoms with Crippen molar-refractivity contribution in [1.82, 2.24) is 10.3 Å². The summed E-state index contributed by atoms with van der Waals surface area (Å²) in [6.07, 6.45) is 2.97. The molecule has 0 spiro atoms. The number of primary amides is 1. The molecule has 1 saturated carbocycles. The second-order valence-electron chi connectivity index (χ2n) is 4.98. The molecular formula is C14H17N3O2S. The van der Waals surface area contributed by atoms with Crippen molar-refractivity contribution < 1.29 is 9.21 Å². The van der Waals surface area contributed by atoms with Crippen LogP contribution in [0, 0.1) is 0 Å². The summed E-state index contributed by atoms with van der Waals surface area (Å²) in [6, 6.07) is 7.89. The van der Waals surface area contributed by atoms with E-state index >= 15 is 0 Å². The number of carbonyl (C=O) groups excluding carboxylic acids is 1. The Bertz CT molecular complexity index is 576. The van der Waals surface area contributed by atoms with Crippen LogP contribution in [-0.2, 0) is 4.79 Å². The van der Waals surface area contributed by atoms with E-state index in [0.29, 0.717) is 17.7 Å². The van der Waals surface area contributed by atoms with Crippen molar-refractivity contribution >= 4 is 28.8 Å². The second-order valence-corrected chi connectivity index (χ2v) is 6.03. The van der Waals surface area contributed by atoms with Gasteiger partial charge in [-0.15, -0.1) is 0 Å². The molecule has 0 bridgehead atoms. The van der Waals surface area contributed by atoms with Gasteiger partial charge in [-0.05, 0) is 31.4 Å². The lowest BCUT2D eigenvalue weighted by Crippen LogP contribution is -2.42. The normalized spacial score (nSPS) is 16.4. The van der Waals surface area contributed by atoms with Gasteiger partial charge in [0, 0.05) is 11.8 Å². The van der Waals surface area contributed by atoms with Crippen molar-refractivity contribution in [3.63, 3.8) is 0 Å². The Kier molecular flexibility index (Phi) is 3.93. The van der Waals surface area contributed by atoms with Crippen molar-refractivity contribution in [3.8, 4) is 0 Å². The van der Waals surface area contributed by atoms with Crippen LogP contribution >= 0.6 is 11.8 Å². The standard InChI is InChI=1S/C14H17N3O2S/c15-13(18)11(16-9-5-6-9)7-8-20-14-17-10-3-1-2-4-12(10)19-14/h1-4,9,11,16H,5-8H2,(H2,15,18). The number of thioether (sulfide) groups is 1. The molecule has 5 nitrogen and oxygen atoms in total. The molecule has 1 aliphatic carbocycles. The van der Waals surface area contributed by atoms with Crippen LogP contribution in [0.4, 0.5) is 0 Å². The summed E-state index contributed by atoms with van der Waals surface area (Å²) in [5.41, 5.74) is 7.05. The number of aromatic nitrogens is 1. The lowest BCUT2D eigenvalue weighted by atomic mass is 10.2. The van der Waals surface area contributed by atoms with Crippen molar-refractivity contribution in [2.24, 2.45) is 5.73 Å². The summed E-state index contributed by atoms with van der Waals surface area (Å²) in [5.74, 6) is 0.468. The number of amides is 1. The van der Waals surface area contributed by atoms with Gasteiger partial charge < -0.3 is 15.5 Å². The smallest absolute Gasteiger partial charge is 0.256 e. The molecule has 1 aromatic carbocycles. The number of oxazole rings is 1. The van der Waals surface area contributed by atoms with Crippen molar-refractivity contribution in [1.29, 1.82) is 0 Å². The summed E-state index contributed by atoms with van der Waals surface area (Å²) in [6.45, 7) is 0. The first-order valence-corrected chi connectivity index (χ1v) is 7.74. The van der Waals surface area contributed by atoms with Gasteiger partial charge in [-0.1, -0.05) is 23.9 Å². The third-order valence-electron chi connectivity index (χ3n) is 3.26. The first-order valence-electron chi connectivity index (χ1n) is 6.76. The van der Waals surface area contributed by atoms with Gasteiger partial charge in [-0.3, -0.25) is 4.79 Å². The molecule has 20 heavy (non-hydrogen) atoms. The Morgan fingerprint density at radius 2 is 2.30 bits per heavy atom. The summed E-state index contributed by atoms with van der Waals surface area (Å²) >= 11 is 1.51. The SMILES string of the molecule is NC(=O)C(CCSc1nc2ccccc2o1)NC1CC1. The second kappa shape index (κ2) is 5.85. The molecule has 3 rings (SSSR count). The number of hydrogen-bond donors (Lipinski definition) is 2. The van der Waals surface area contributed by atoms with Gasteiger partial charge in [-0.25, -0.2) is 4.98 Å². The number of nitrogens with one attached hydrogen (secondary N) is 1. The van der Waals surface area contributed by atoms with Crippen LogP contribution < -0.4 is 11.1 Å². The Morgan fingerprint density at radius 1 is 1.50 bits per heavy atom. The Labute approximate surface area is 121 Å². The molecule has 1 atom stereocenters. The maximum atomic E-state index is 11.4. The van der Waals surface area contributed by atoms with Crippen molar-refractivity contribution in [3.05, 3.63) is 24.3 Å². The molecule has 0 aliphatic heterocycles. The summed E-state index contributed by atoms with van der Waals surface area (Å²) in [4.78, 5) is 15.7. The largest absolute Gasteiger partial charge is 0.431 e. The van der Waals surface area contributed by atoms with E-state index in [1.807, 2.05) is 24.3 Å². The van der Waals surface area contributed by atoms with Crippen molar-refractivity contribution in [2.75, 3.05) is 5.75 Å². The molecule has 1 aromatic heterocycles. The number of fused-ring (bicyclic) bond motifs is 1. The van der Waals surface area contributed by atoms with Crippen LogP contribution in [0.2, 0.25) is 0 Å². The average Bonchev–Trinajstić information content (AvgIpc) is 3.15. The van der Waals surface area contributed by atoms with E-state index in [1.165, 1.54) is 11.8 Å². The predicted molar refractivity (Wildman–Crippen MR) is 78.5 cm³/mol. The molecule has 106 valence electrons. The summed E-state index contributed by atoms with van der Waals surface area (Å²) < 4.78 is 5.62. The molecule has 3 N–H and O–H groups in total. The minimum absolute atomic E-state index is 0.251. The van der Waals surface area contributed by atoms with Gasteiger partial charge in [0.1, 0.15) is 5.52 Å². The summed E-state index contributed by atoms with van der Waals surface area (Å²) in [7, 11) is 0. The first-order chi connectivity index (χ1) is 9.72. The molecule has 2 aromatic rings. The lowest BCUT2D eigenvalue weighted by molar-refractivity contribution is -0.120. The Hall–Kier alpha value is -1.53. The van der Waals surface area contributed by atoms with Crippen molar-refractivity contribution in [2.45, 2.75) is 36.6 Å². The van der Waals surface area contributed by atoms with Gasteiger partial charge in [0.05, 0.1) is 6.04 Å². The zero-order valence-corrected chi connectivity index (χ0v) is 11.9. The highest BCUT2D eigenvalue weighted by Gasteiger charge is 2.27. The van der Waals surface area contributed by atoms with E-state index in [0.717, 1.165) is 29.7 Å². The Balaban J connectivity index is 1.54. The first kappa shape index (κ1) is 13.5. The minimum atomic E-state index is -0.282.